The van der Waals surface area contributed by atoms with Crippen molar-refractivity contribution in [2.24, 2.45) is 11.8 Å². The molecule has 1 saturated heterocycles. The zero-order valence-electron chi connectivity index (χ0n) is 20.5. The standard InChI is InChI=1S/C29H23F3N4O3/c30-29(31,32)19-8-12-22(13-9-19)39-21-10-6-18(7-11-21)28(38)35-16-23-24(17-35)26(23)33-27(37)25-14-15-36(34-25)20-4-2-1-3-5-20/h1-15,23-24,26H,16-17H2,(H,33,37)/t23-,24+,26?. The number of amides is 2. The van der Waals surface area contributed by atoms with E-state index in [1.807, 2.05) is 30.3 Å². The predicted molar refractivity (Wildman–Crippen MR) is 136 cm³/mol. The number of benzene rings is 3. The topological polar surface area (TPSA) is 76.5 Å². The number of carbonyl (C=O) groups excluding carboxylic acids is 2. The van der Waals surface area contributed by atoms with Gasteiger partial charge in [0.05, 0.1) is 11.3 Å². The lowest BCUT2D eigenvalue weighted by Crippen LogP contribution is -2.37. The number of alkyl halides is 3. The molecule has 1 aliphatic heterocycles. The Hall–Kier alpha value is -4.60. The SMILES string of the molecule is O=C(NC1[C@H]2CN(C(=O)c3ccc(Oc4ccc(C(F)(F)F)cc4)cc3)C[C@@H]12)c1ccn(-c2ccccc2)n1. The van der Waals surface area contributed by atoms with Crippen LogP contribution < -0.4 is 10.1 Å². The molecular weight excluding hydrogens is 509 g/mol. The third-order valence-electron chi connectivity index (χ3n) is 7.14. The first kappa shape index (κ1) is 24.7. The second kappa shape index (κ2) is 9.61. The number of aromatic nitrogens is 2. The predicted octanol–water partition coefficient (Wildman–Crippen LogP) is 5.18. The molecular formula is C29H23F3N4O3. The van der Waals surface area contributed by atoms with Crippen LogP contribution >= 0.6 is 0 Å². The summed E-state index contributed by atoms with van der Waals surface area (Å²) in [5.41, 5.74) is 0.951. The highest BCUT2D eigenvalue weighted by atomic mass is 19.4. The molecule has 1 saturated carbocycles. The minimum Gasteiger partial charge on any atom is -0.457 e. The van der Waals surface area contributed by atoms with Crippen LogP contribution in [0.25, 0.3) is 5.69 Å². The van der Waals surface area contributed by atoms with Crippen molar-refractivity contribution in [1.29, 1.82) is 0 Å². The number of nitrogens with zero attached hydrogens (tertiary/aromatic N) is 3. The van der Waals surface area contributed by atoms with Crippen LogP contribution in [-0.2, 0) is 6.18 Å². The minimum absolute atomic E-state index is 0.0166. The van der Waals surface area contributed by atoms with E-state index in [1.54, 1.807) is 46.1 Å². The third kappa shape index (κ3) is 5.09. The summed E-state index contributed by atoms with van der Waals surface area (Å²) in [4.78, 5) is 27.5. The molecule has 0 bridgehead atoms. The molecule has 0 spiro atoms. The number of hydrogen-bond donors (Lipinski definition) is 1. The van der Waals surface area contributed by atoms with Gasteiger partial charge in [-0.05, 0) is 66.7 Å². The van der Waals surface area contributed by atoms with Crippen LogP contribution in [0.1, 0.15) is 26.4 Å². The summed E-state index contributed by atoms with van der Waals surface area (Å²) >= 11 is 0. The van der Waals surface area contributed by atoms with Gasteiger partial charge in [-0.25, -0.2) is 4.68 Å². The number of piperidine rings is 1. The van der Waals surface area contributed by atoms with E-state index in [2.05, 4.69) is 10.4 Å². The van der Waals surface area contributed by atoms with Gasteiger partial charge in [0.25, 0.3) is 11.8 Å². The molecule has 4 aromatic rings. The summed E-state index contributed by atoms with van der Waals surface area (Å²) in [6.45, 7) is 1.10. The lowest BCUT2D eigenvalue weighted by atomic mass is 10.2. The number of nitrogens with one attached hydrogen (secondary N) is 1. The molecule has 2 amide bonds. The highest BCUT2D eigenvalue weighted by Crippen LogP contribution is 2.46. The third-order valence-corrected chi connectivity index (χ3v) is 7.14. The van der Waals surface area contributed by atoms with E-state index >= 15 is 0 Å². The molecule has 39 heavy (non-hydrogen) atoms. The van der Waals surface area contributed by atoms with Crippen LogP contribution in [0.4, 0.5) is 13.2 Å². The number of para-hydroxylation sites is 1. The van der Waals surface area contributed by atoms with Crippen molar-refractivity contribution in [3.63, 3.8) is 0 Å². The van der Waals surface area contributed by atoms with Crippen LogP contribution in [0, 0.1) is 11.8 Å². The highest BCUT2D eigenvalue weighted by molar-refractivity contribution is 5.95. The first-order valence-electron chi connectivity index (χ1n) is 12.4. The van der Waals surface area contributed by atoms with Gasteiger partial charge < -0.3 is 15.0 Å². The molecule has 2 heterocycles. The number of fused-ring (bicyclic) bond motifs is 1. The Morgan fingerprint density at radius 3 is 2.08 bits per heavy atom. The first-order chi connectivity index (χ1) is 18.8. The van der Waals surface area contributed by atoms with Gasteiger partial charge in [0.1, 0.15) is 11.5 Å². The summed E-state index contributed by atoms with van der Waals surface area (Å²) in [5.74, 6) is 0.739. The van der Waals surface area contributed by atoms with Crippen molar-refractivity contribution in [1.82, 2.24) is 20.0 Å². The lowest BCUT2D eigenvalue weighted by molar-refractivity contribution is -0.137. The van der Waals surface area contributed by atoms with Gasteiger partial charge in [-0.1, -0.05) is 18.2 Å². The summed E-state index contributed by atoms with van der Waals surface area (Å²) in [7, 11) is 0. The molecule has 1 unspecified atom stereocenters. The number of rotatable bonds is 6. The Balaban J connectivity index is 1.00. The summed E-state index contributed by atoms with van der Waals surface area (Å²) < 4.78 is 45.4. The Bertz CT molecular complexity index is 1490. The summed E-state index contributed by atoms with van der Waals surface area (Å²) in [6, 6.07) is 22.1. The molecule has 1 aliphatic carbocycles. The van der Waals surface area contributed by atoms with Crippen LogP contribution in [0.3, 0.4) is 0 Å². The van der Waals surface area contributed by atoms with Crippen LogP contribution in [-0.4, -0.2) is 45.6 Å². The normalized spacial score (nSPS) is 19.9. The molecule has 3 atom stereocenters. The van der Waals surface area contributed by atoms with Gasteiger partial charge >= 0.3 is 6.18 Å². The van der Waals surface area contributed by atoms with Crippen molar-refractivity contribution in [2.45, 2.75) is 12.2 Å². The molecule has 198 valence electrons. The summed E-state index contributed by atoms with van der Waals surface area (Å²) in [5, 5.41) is 7.42. The van der Waals surface area contributed by atoms with E-state index in [4.69, 9.17) is 4.74 Å². The molecule has 2 aliphatic rings. The Labute approximate surface area is 221 Å². The maximum atomic E-state index is 13.0. The second-order valence-electron chi connectivity index (χ2n) is 9.67. The van der Waals surface area contributed by atoms with E-state index in [9.17, 15) is 22.8 Å². The van der Waals surface area contributed by atoms with Gasteiger partial charge in [0, 0.05) is 42.7 Å². The average Bonchev–Trinajstić information content (AvgIpc) is 3.31. The summed E-state index contributed by atoms with van der Waals surface area (Å²) in [6.07, 6.45) is -2.66. The Morgan fingerprint density at radius 1 is 0.846 bits per heavy atom. The van der Waals surface area contributed by atoms with E-state index in [1.165, 1.54) is 12.1 Å². The number of carbonyl (C=O) groups is 2. The highest BCUT2D eigenvalue weighted by Gasteiger charge is 2.57. The Kier molecular flexibility index (Phi) is 6.09. The molecule has 7 nitrogen and oxygen atoms in total. The maximum absolute atomic E-state index is 13.0. The van der Waals surface area contributed by atoms with Crippen molar-refractivity contribution < 1.29 is 27.5 Å². The smallest absolute Gasteiger partial charge is 0.416 e. The minimum atomic E-state index is -4.41. The molecule has 10 heteroatoms. The van der Waals surface area contributed by atoms with E-state index in [-0.39, 0.29) is 35.4 Å². The Morgan fingerprint density at radius 2 is 1.46 bits per heavy atom. The number of hydrogen-bond acceptors (Lipinski definition) is 4. The quantitative estimate of drug-likeness (QED) is 0.371. The molecule has 0 radical (unpaired) electrons. The second-order valence-corrected chi connectivity index (χ2v) is 9.67. The van der Waals surface area contributed by atoms with E-state index < -0.39 is 11.7 Å². The maximum Gasteiger partial charge on any atom is 0.416 e. The van der Waals surface area contributed by atoms with Crippen LogP contribution in [0.5, 0.6) is 11.5 Å². The fourth-order valence-corrected chi connectivity index (χ4v) is 5.00. The fraction of sp³-hybridized carbons (Fsp3) is 0.207. The molecule has 3 aromatic carbocycles. The van der Waals surface area contributed by atoms with Gasteiger partial charge in [-0.3, -0.25) is 9.59 Å². The zero-order chi connectivity index (χ0) is 27.1. The number of likely N-dealkylation sites (tertiary alicyclic amines) is 1. The molecule has 1 N–H and O–H groups in total. The van der Waals surface area contributed by atoms with Crippen molar-refractivity contribution in [3.05, 3.63) is 108 Å². The van der Waals surface area contributed by atoms with Crippen molar-refractivity contribution >= 4 is 11.8 Å². The molecule has 1 aromatic heterocycles. The average molecular weight is 533 g/mol. The zero-order valence-corrected chi connectivity index (χ0v) is 20.5. The lowest BCUT2D eigenvalue weighted by Gasteiger charge is -2.20. The number of ether oxygens (including phenoxy) is 1. The number of halogens is 3. The van der Waals surface area contributed by atoms with E-state index in [0.717, 1.165) is 17.8 Å². The monoisotopic (exact) mass is 532 g/mol. The van der Waals surface area contributed by atoms with Crippen LogP contribution in [0.15, 0.2) is 91.1 Å². The largest absolute Gasteiger partial charge is 0.457 e. The first-order valence-corrected chi connectivity index (χ1v) is 12.4. The van der Waals surface area contributed by atoms with Gasteiger partial charge in [-0.15, -0.1) is 0 Å². The molecule has 2 fully saturated rings. The van der Waals surface area contributed by atoms with Crippen molar-refractivity contribution in [3.8, 4) is 17.2 Å². The van der Waals surface area contributed by atoms with Gasteiger partial charge in [0.2, 0.25) is 0 Å². The fourth-order valence-electron chi connectivity index (χ4n) is 5.00. The molecule has 6 rings (SSSR count). The van der Waals surface area contributed by atoms with Crippen molar-refractivity contribution in [2.75, 3.05) is 13.1 Å². The van der Waals surface area contributed by atoms with E-state index in [0.29, 0.717) is 30.1 Å². The van der Waals surface area contributed by atoms with Gasteiger partial charge in [-0.2, -0.15) is 18.3 Å². The van der Waals surface area contributed by atoms with Gasteiger partial charge in [0.15, 0.2) is 5.69 Å². The van der Waals surface area contributed by atoms with Crippen LogP contribution in [0.2, 0.25) is 0 Å².